The number of nitrogens with zero attached hydrogens (tertiary/aromatic N) is 5. The summed E-state index contributed by atoms with van der Waals surface area (Å²) in [6.07, 6.45) is 1.49. The second-order valence-electron chi connectivity index (χ2n) is 4.49. The van der Waals surface area contributed by atoms with Crippen LogP contribution in [0.4, 0.5) is 0 Å². The minimum absolute atomic E-state index is 0.134. The average molecular weight is 259 g/mol. The molecule has 2 aromatic heterocycles. The summed E-state index contributed by atoms with van der Waals surface area (Å²) in [5.74, 6) is 0.955. The highest BCUT2D eigenvalue weighted by Crippen LogP contribution is 2.16. The van der Waals surface area contributed by atoms with Crippen molar-refractivity contribution in [2.45, 2.75) is 26.3 Å². The number of carbonyl (C=O) groups is 1. The third-order valence-corrected chi connectivity index (χ3v) is 2.99. The van der Waals surface area contributed by atoms with Gasteiger partial charge in [0.1, 0.15) is 5.69 Å². The fourth-order valence-electron chi connectivity index (χ4n) is 1.98. The number of carbonyl (C=O) groups excluding carboxylic acids is 1. The van der Waals surface area contributed by atoms with Gasteiger partial charge in [0.15, 0.2) is 0 Å². The van der Waals surface area contributed by atoms with Crippen molar-refractivity contribution in [2.24, 2.45) is 0 Å². The summed E-state index contributed by atoms with van der Waals surface area (Å²) in [5, 5.41) is 11.8. The molecule has 7 nitrogen and oxygen atoms in total. The molecule has 0 bridgehead atoms. The Hall–Kier alpha value is -2.31. The predicted octanol–water partition coefficient (Wildman–Crippen LogP) is 0.957. The number of amides is 1. The number of aromatic nitrogens is 4. The van der Waals surface area contributed by atoms with E-state index in [1.165, 1.54) is 0 Å². The van der Waals surface area contributed by atoms with Crippen molar-refractivity contribution in [1.82, 2.24) is 25.2 Å². The summed E-state index contributed by atoms with van der Waals surface area (Å²) in [6, 6.07) is 3.63. The smallest absolute Gasteiger partial charge is 0.246 e. The lowest BCUT2D eigenvalue weighted by molar-refractivity contribution is -0.128. The van der Waals surface area contributed by atoms with E-state index in [0.29, 0.717) is 30.4 Å². The monoisotopic (exact) mass is 259 g/mol. The molecule has 0 aliphatic carbocycles. The van der Waals surface area contributed by atoms with E-state index < -0.39 is 0 Å². The molecule has 19 heavy (non-hydrogen) atoms. The minimum atomic E-state index is 0.134. The topological polar surface area (TPSA) is 85.0 Å². The summed E-state index contributed by atoms with van der Waals surface area (Å²) >= 11 is 0. The van der Waals surface area contributed by atoms with Gasteiger partial charge in [-0.25, -0.2) is 0 Å². The molecule has 0 unspecified atom stereocenters. The maximum atomic E-state index is 11.5. The van der Waals surface area contributed by atoms with Gasteiger partial charge in [-0.3, -0.25) is 4.79 Å². The molecule has 0 N–H and O–H groups in total. The molecule has 0 radical (unpaired) electrons. The first-order valence-electron chi connectivity index (χ1n) is 6.13. The highest BCUT2D eigenvalue weighted by atomic mass is 16.5. The molecule has 0 aromatic carbocycles. The normalized spacial score (nSPS) is 15.2. The Morgan fingerprint density at radius 3 is 2.95 bits per heavy atom. The molecule has 3 rings (SSSR count). The zero-order valence-corrected chi connectivity index (χ0v) is 10.5. The van der Waals surface area contributed by atoms with Crippen LogP contribution in [0.2, 0.25) is 0 Å². The number of hydrogen-bond donors (Lipinski definition) is 0. The van der Waals surface area contributed by atoms with Gasteiger partial charge in [-0.15, -0.1) is 5.10 Å². The third-order valence-electron chi connectivity index (χ3n) is 2.99. The largest absolute Gasteiger partial charge is 0.337 e. The van der Waals surface area contributed by atoms with Gasteiger partial charge >= 0.3 is 0 Å². The van der Waals surface area contributed by atoms with Crippen molar-refractivity contribution in [3.8, 4) is 11.5 Å². The van der Waals surface area contributed by atoms with E-state index in [-0.39, 0.29) is 5.91 Å². The van der Waals surface area contributed by atoms with Crippen LogP contribution in [0.25, 0.3) is 11.5 Å². The molecule has 98 valence electrons. The van der Waals surface area contributed by atoms with Crippen molar-refractivity contribution in [1.29, 1.82) is 0 Å². The van der Waals surface area contributed by atoms with Crippen LogP contribution in [0.1, 0.15) is 24.4 Å². The van der Waals surface area contributed by atoms with E-state index in [9.17, 15) is 4.79 Å². The Balaban J connectivity index is 1.75. The first-order valence-corrected chi connectivity index (χ1v) is 6.13. The molecular weight excluding hydrogens is 246 g/mol. The Morgan fingerprint density at radius 1 is 1.37 bits per heavy atom. The molecule has 1 aliphatic rings. The minimum Gasteiger partial charge on any atom is -0.337 e. The molecule has 0 saturated carbocycles. The second-order valence-corrected chi connectivity index (χ2v) is 4.49. The molecular formula is C12H13N5O2. The van der Waals surface area contributed by atoms with Crippen LogP contribution < -0.4 is 0 Å². The Morgan fingerprint density at radius 2 is 2.26 bits per heavy atom. The van der Waals surface area contributed by atoms with Gasteiger partial charge in [-0.1, -0.05) is 5.16 Å². The van der Waals surface area contributed by atoms with Gasteiger partial charge in [0.05, 0.1) is 12.2 Å². The van der Waals surface area contributed by atoms with Crippen LogP contribution in [-0.2, 0) is 11.3 Å². The molecule has 2 aromatic rings. The SMILES string of the molecule is Cc1ccc(-c2noc(CN3CCCC3=O)n2)nn1. The van der Waals surface area contributed by atoms with Crippen molar-refractivity contribution < 1.29 is 9.32 Å². The van der Waals surface area contributed by atoms with E-state index in [4.69, 9.17) is 4.52 Å². The Labute approximate surface area is 109 Å². The van der Waals surface area contributed by atoms with Crippen LogP contribution >= 0.6 is 0 Å². The number of likely N-dealkylation sites (tertiary alicyclic amines) is 1. The van der Waals surface area contributed by atoms with E-state index >= 15 is 0 Å². The van der Waals surface area contributed by atoms with Gasteiger partial charge in [-0.2, -0.15) is 10.1 Å². The lowest BCUT2D eigenvalue weighted by Crippen LogP contribution is -2.23. The first kappa shape index (κ1) is 11.8. The van der Waals surface area contributed by atoms with Gasteiger partial charge in [0, 0.05) is 13.0 Å². The summed E-state index contributed by atoms with van der Waals surface area (Å²) in [6.45, 7) is 2.98. The number of rotatable bonds is 3. The lowest BCUT2D eigenvalue weighted by atomic mass is 10.3. The lowest BCUT2D eigenvalue weighted by Gasteiger charge is -2.11. The standard InChI is InChI=1S/C12H13N5O2/c1-8-4-5-9(15-14-8)12-13-10(19-16-12)7-17-6-2-3-11(17)18/h4-5H,2-3,6-7H2,1H3. The van der Waals surface area contributed by atoms with Gasteiger partial charge < -0.3 is 9.42 Å². The van der Waals surface area contributed by atoms with Crippen LogP contribution in [0, 0.1) is 6.92 Å². The molecule has 1 amide bonds. The fraction of sp³-hybridized carbons (Fsp3) is 0.417. The molecule has 1 saturated heterocycles. The predicted molar refractivity (Wildman–Crippen MR) is 64.7 cm³/mol. The average Bonchev–Trinajstić information content (AvgIpc) is 3.01. The fourth-order valence-corrected chi connectivity index (χ4v) is 1.98. The Bertz CT molecular complexity index is 592. The van der Waals surface area contributed by atoms with Crippen LogP contribution in [0.3, 0.4) is 0 Å². The molecule has 3 heterocycles. The van der Waals surface area contributed by atoms with Crippen molar-refractivity contribution in [3.05, 3.63) is 23.7 Å². The van der Waals surface area contributed by atoms with E-state index in [1.807, 2.05) is 13.0 Å². The van der Waals surface area contributed by atoms with Crippen LogP contribution in [-0.4, -0.2) is 37.7 Å². The molecule has 0 spiro atoms. The van der Waals surface area contributed by atoms with Crippen LogP contribution in [0.5, 0.6) is 0 Å². The highest BCUT2D eigenvalue weighted by molar-refractivity contribution is 5.77. The van der Waals surface area contributed by atoms with Crippen molar-refractivity contribution in [3.63, 3.8) is 0 Å². The van der Waals surface area contributed by atoms with Crippen molar-refractivity contribution in [2.75, 3.05) is 6.54 Å². The molecule has 1 fully saturated rings. The summed E-state index contributed by atoms with van der Waals surface area (Å²) < 4.78 is 5.14. The van der Waals surface area contributed by atoms with E-state index in [0.717, 1.165) is 18.7 Å². The van der Waals surface area contributed by atoms with Gasteiger partial charge in [0.25, 0.3) is 0 Å². The number of aryl methyl sites for hydroxylation is 1. The second kappa shape index (κ2) is 4.75. The van der Waals surface area contributed by atoms with E-state index in [2.05, 4.69) is 20.3 Å². The highest BCUT2D eigenvalue weighted by Gasteiger charge is 2.22. The molecule has 1 aliphatic heterocycles. The summed E-state index contributed by atoms with van der Waals surface area (Å²) in [5.41, 5.74) is 1.39. The molecule has 0 atom stereocenters. The van der Waals surface area contributed by atoms with Gasteiger partial charge in [0.2, 0.25) is 17.6 Å². The maximum absolute atomic E-state index is 11.5. The molecule has 7 heteroatoms. The quantitative estimate of drug-likeness (QED) is 0.816. The third kappa shape index (κ3) is 2.44. The maximum Gasteiger partial charge on any atom is 0.246 e. The van der Waals surface area contributed by atoms with Crippen molar-refractivity contribution >= 4 is 5.91 Å². The number of hydrogen-bond acceptors (Lipinski definition) is 6. The summed E-state index contributed by atoms with van der Waals surface area (Å²) in [7, 11) is 0. The Kier molecular flexibility index (Phi) is 2.94. The van der Waals surface area contributed by atoms with E-state index in [1.54, 1.807) is 11.0 Å². The van der Waals surface area contributed by atoms with Crippen LogP contribution in [0.15, 0.2) is 16.7 Å². The van der Waals surface area contributed by atoms with Gasteiger partial charge in [-0.05, 0) is 25.5 Å². The zero-order valence-electron chi connectivity index (χ0n) is 10.5. The zero-order chi connectivity index (χ0) is 13.2. The summed E-state index contributed by atoms with van der Waals surface area (Å²) in [4.78, 5) is 17.5. The first-order chi connectivity index (χ1) is 9.22.